The number of amides is 2. The van der Waals surface area contributed by atoms with E-state index < -0.39 is 24.0 Å². The van der Waals surface area contributed by atoms with E-state index in [1.807, 2.05) is 13.0 Å². The van der Waals surface area contributed by atoms with E-state index in [1.165, 1.54) is 6.08 Å². The summed E-state index contributed by atoms with van der Waals surface area (Å²) >= 11 is 0. The van der Waals surface area contributed by atoms with Gasteiger partial charge in [-0.1, -0.05) is 19.1 Å². The summed E-state index contributed by atoms with van der Waals surface area (Å²) < 4.78 is 10.2. The summed E-state index contributed by atoms with van der Waals surface area (Å²) in [5, 5.41) is 13.9. The molecule has 0 saturated heterocycles. The number of esters is 2. The molecule has 2 N–H and O–H groups in total. The van der Waals surface area contributed by atoms with Gasteiger partial charge in [0.2, 0.25) is 0 Å². The summed E-state index contributed by atoms with van der Waals surface area (Å²) in [5.74, 6) is -1.21. The summed E-state index contributed by atoms with van der Waals surface area (Å²) in [6.45, 7) is 3.42. The van der Waals surface area contributed by atoms with Gasteiger partial charge in [-0.05, 0) is 37.1 Å². The Hall–Kier alpha value is -3.60. The number of hydrogen-bond acceptors (Lipinski definition) is 6. The van der Waals surface area contributed by atoms with Gasteiger partial charge in [-0.15, -0.1) is 0 Å². The Morgan fingerprint density at radius 3 is 2.54 bits per heavy atom. The van der Waals surface area contributed by atoms with Crippen LogP contribution in [0.15, 0.2) is 41.6 Å². The maximum atomic E-state index is 12.2. The van der Waals surface area contributed by atoms with Crippen LogP contribution >= 0.6 is 0 Å². The highest BCUT2D eigenvalue weighted by Gasteiger charge is 2.31. The molecule has 1 aromatic rings. The van der Waals surface area contributed by atoms with E-state index >= 15 is 0 Å². The summed E-state index contributed by atoms with van der Waals surface area (Å²) in [7, 11) is 0. The molecule has 1 heterocycles. The molecule has 0 aromatic heterocycles. The van der Waals surface area contributed by atoms with Crippen molar-refractivity contribution in [3.05, 3.63) is 52.7 Å². The van der Waals surface area contributed by atoms with Crippen molar-refractivity contribution in [1.29, 1.82) is 5.26 Å². The maximum Gasteiger partial charge on any atom is 0.338 e. The minimum atomic E-state index is -0.638. The SMILES string of the molecule is CCOC(=O)C1=C(COC(=O)/C=C/c2ccc(C#N)cc2)NC(=O)N[C@@H]1CC. The molecule has 0 radical (unpaired) electrons. The van der Waals surface area contributed by atoms with Crippen molar-refractivity contribution in [3.63, 3.8) is 0 Å². The molecule has 8 nitrogen and oxygen atoms in total. The minimum absolute atomic E-state index is 0.188. The predicted molar refractivity (Wildman–Crippen MR) is 101 cm³/mol. The molecule has 146 valence electrons. The Morgan fingerprint density at radius 1 is 1.21 bits per heavy atom. The van der Waals surface area contributed by atoms with Crippen LogP contribution in [0.3, 0.4) is 0 Å². The van der Waals surface area contributed by atoms with Gasteiger partial charge >= 0.3 is 18.0 Å². The van der Waals surface area contributed by atoms with Crippen LogP contribution in [0, 0.1) is 11.3 Å². The van der Waals surface area contributed by atoms with E-state index in [1.54, 1.807) is 37.3 Å². The molecule has 0 fully saturated rings. The Balaban J connectivity index is 2.08. The first kappa shape index (κ1) is 20.7. The molecule has 1 atom stereocenters. The van der Waals surface area contributed by atoms with Crippen LogP contribution in [0.5, 0.6) is 0 Å². The normalized spacial score (nSPS) is 16.2. The zero-order chi connectivity index (χ0) is 20.5. The van der Waals surface area contributed by atoms with E-state index in [9.17, 15) is 14.4 Å². The lowest BCUT2D eigenvalue weighted by Crippen LogP contribution is -2.51. The Morgan fingerprint density at radius 2 is 1.93 bits per heavy atom. The first-order chi connectivity index (χ1) is 13.5. The fourth-order valence-electron chi connectivity index (χ4n) is 2.60. The molecule has 1 aromatic carbocycles. The van der Waals surface area contributed by atoms with Gasteiger partial charge in [0.05, 0.1) is 35.6 Å². The number of nitrogens with one attached hydrogen (secondary N) is 2. The highest BCUT2D eigenvalue weighted by atomic mass is 16.5. The molecule has 0 saturated carbocycles. The molecule has 1 aliphatic heterocycles. The van der Waals surface area contributed by atoms with Crippen molar-refractivity contribution in [2.75, 3.05) is 13.2 Å². The number of benzene rings is 1. The smallest absolute Gasteiger partial charge is 0.338 e. The molecule has 2 rings (SSSR count). The lowest BCUT2D eigenvalue weighted by atomic mass is 10.0. The topological polar surface area (TPSA) is 118 Å². The zero-order valence-electron chi connectivity index (χ0n) is 15.7. The largest absolute Gasteiger partial charge is 0.463 e. The second kappa shape index (κ2) is 9.92. The molecule has 1 aliphatic rings. The second-order valence-corrected chi connectivity index (χ2v) is 5.85. The van der Waals surface area contributed by atoms with Crippen molar-refractivity contribution in [2.24, 2.45) is 0 Å². The first-order valence-corrected chi connectivity index (χ1v) is 8.81. The minimum Gasteiger partial charge on any atom is -0.463 e. The number of hydrogen-bond donors (Lipinski definition) is 2. The maximum absolute atomic E-state index is 12.2. The average Bonchev–Trinajstić information content (AvgIpc) is 2.70. The summed E-state index contributed by atoms with van der Waals surface area (Å²) in [5.41, 5.74) is 1.69. The third-order valence-corrected chi connectivity index (χ3v) is 3.96. The monoisotopic (exact) mass is 383 g/mol. The molecule has 2 amide bonds. The quantitative estimate of drug-likeness (QED) is 0.549. The van der Waals surface area contributed by atoms with Crippen LogP contribution in [0.4, 0.5) is 4.79 Å². The third-order valence-electron chi connectivity index (χ3n) is 3.96. The molecular formula is C20H21N3O5. The van der Waals surface area contributed by atoms with E-state index in [-0.39, 0.29) is 24.5 Å². The molecule has 0 aliphatic carbocycles. The van der Waals surface area contributed by atoms with E-state index in [0.717, 1.165) is 5.56 Å². The lowest BCUT2D eigenvalue weighted by Gasteiger charge is -2.28. The highest BCUT2D eigenvalue weighted by Crippen LogP contribution is 2.17. The van der Waals surface area contributed by atoms with Gasteiger partial charge in [-0.2, -0.15) is 5.26 Å². The number of nitriles is 1. The molecule has 8 heteroatoms. The second-order valence-electron chi connectivity index (χ2n) is 5.85. The molecule has 0 unspecified atom stereocenters. The predicted octanol–water partition coefficient (Wildman–Crippen LogP) is 2.02. The number of carbonyl (C=O) groups is 3. The van der Waals surface area contributed by atoms with Gasteiger partial charge in [0.15, 0.2) is 0 Å². The van der Waals surface area contributed by atoms with E-state index in [0.29, 0.717) is 12.0 Å². The van der Waals surface area contributed by atoms with Crippen LogP contribution in [0.1, 0.15) is 31.4 Å². The number of ether oxygens (including phenoxy) is 2. The average molecular weight is 383 g/mol. The molecule has 28 heavy (non-hydrogen) atoms. The summed E-state index contributed by atoms with van der Waals surface area (Å²) in [4.78, 5) is 36.0. The lowest BCUT2D eigenvalue weighted by molar-refractivity contribution is -0.140. The molecular weight excluding hydrogens is 362 g/mol. The summed E-state index contributed by atoms with van der Waals surface area (Å²) in [6.07, 6.45) is 3.25. The van der Waals surface area contributed by atoms with E-state index in [2.05, 4.69) is 10.6 Å². The van der Waals surface area contributed by atoms with Gasteiger partial charge < -0.3 is 20.1 Å². The van der Waals surface area contributed by atoms with E-state index in [4.69, 9.17) is 14.7 Å². The van der Waals surface area contributed by atoms with Gasteiger partial charge in [0.25, 0.3) is 0 Å². The Labute approximate surface area is 162 Å². The van der Waals surface area contributed by atoms with Crippen molar-refractivity contribution in [2.45, 2.75) is 26.3 Å². The number of rotatable bonds is 7. The standard InChI is InChI=1S/C20H21N3O5/c1-3-15-18(19(25)27-4-2)16(23-20(26)22-15)12-28-17(24)10-9-13-5-7-14(11-21)8-6-13/h5-10,15H,3-4,12H2,1-2H3,(H2,22,23,26)/b10-9+/t15-/m1/s1. The van der Waals surface area contributed by atoms with Crippen LogP contribution in [0.2, 0.25) is 0 Å². The third kappa shape index (κ3) is 5.45. The van der Waals surface area contributed by atoms with Crippen molar-refractivity contribution >= 4 is 24.0 Å². The van der Waals surface area contributed by atoms with Crippen molar-refractivity contribution < 1.29 is 23.9 Å². The van der Waals surface area contributed by atoms with Crippen molar-refractivity contribution in [3.8, 4) is 6.07 Å². The van der Waals surface area contributed by atoms with Gasteiger partial charge in [-0.25, -0.2) is 14.4 Å². The van der Waals surface area contributed by atoms with Crippen LogP contribution in [-0.4, -0.2) is 37.2 Å². The number of carbonyl (C=O) groups excluding carboxylic acids is 3. The van der Waals surface area contributed by atoms with Crippen molar-refractivity contribution in [1.82, 2.24) is 10.6 Å². The van der Waals surface area contributed by atoms with Crippen LogP contribution in [-0.2, 0) is 19.1 Å². The zero-order valence-corrected chi connectivity index (χ0v) is 15.7. The van der Waals surface area contributed by atoms with Gasteiger partial charge in [0, 0.05) is 6.08 Å². The fraction of sp³-hybridized carbons (Fsp3) is 0.300. The highest BCUT2D eigenvalue weighted by molar-refractivity contribution is 5.95. The first-order valence-electron chi connectivity index (χ1n) is 8.81. The van der Waals surface area contributed by atoms with Crippen LogP contribution < -0.4 is 10.6 Å². The fourth-order valence-corrected chi connectivity index (χ4v) is 2.60. The summed E-state index contributed by atoms with van der Waals surface area (Å²) in [6, 6.07) is 7.69. The van der Waals surface area contributed by atoms with Gasteiger partial charge in [-0.3, -0.25) is 0 Å². The Kier molecular flexibility index (Phi) is 7.34. The molecule has 0 spiro atoms. The Bertz CT molecular complexity index is 850. The number of nitrogens with zero attached hydrogens (tertiary/aromatic N) is 1. The van der Waals surface area contributed by atoms with Gasteiger partial charge in [0.1, 0.15) is 6.61 Å². The van der Waals surface area contributed by atoms with Crippen LogP contribution in [0.25, 0.3) is 6.08 Å². The molecule has 0 bridgehead atoms. The number of urea groups is 1.